The second-order valence-electron chi connectivity index (χ2n) is 8.01. The van der Waals surface area contributed by atoms with Gasteiger partial charge in [-0.25, -0.2) is 4.39 Å². The van der Waals surface area contributed by atoms with E-state index in [1.165, 1.54) is 17.2 Å². The average molecular weight is 410 g/mol. The molecule has 30 heavy (non-hydrogen) atoms. The second kappa shape index (κ2) is 9.28. The van der Waals surface area contributed by atoms with Gasteiger partial charge in [0.1, 0.15) is 5.82 Å². The Morgan fingerprint density at radius 2 is 1.40 bits per heavy atom. The predicted octanol–water partition coefficient (Wildman–Crippen LogP) is 3.23. The molecule has 2 aromatic carbocycles. The van der Waals surface area contributed by atoms with Crippen molar-refractivity contribution in [2.24, 2.45) is 0 Å². The van der Waals surface area contributed by atoms with E-state index in [4.69, 9.17) is 0 Å². The third kappa shape index (κ3) is 4.64. The maximum Gasteiger partial charge on any atom is 0.222 e. The molecule has 0 atom stereocenters. The maximum atomic E-state index is 13.9. The van der Waals surface area contributed by atoms with Gasteiger partial charge >= 0.3 is 0 Å². The van der Waals surface area contributed by atoms with Crippen LogP contribution in [0.5, 0.6) is 0 Å². The van der Waals surface area contributed by atoms with Crippen LogP contribution < -0.4 is 4.90 Å². The Kier molecular flexibility index (Phi) is 6.31. The van der Waals surface area contributed by atoms with Crippen molar-refractivity contribution < 1.29 is 14.0 Å². The highest BCUT2D eigenvalue weighted by molar-refractivity contribution is 5.79. The van der Waals surface area contributed by atoms with Crippen LogP contribution in [-0.4, -0.2) is 54.3 Å². The molecular weight excluding hydrogens is 381 g/mol. The minimum absolute atomic E-state index is 0.0833. The number of hydrogen-bond acceptors (Lipinski definition) is 3. The molecule has 0 bridgehead atoms. The number of para-hydroxylation sites is 1. The van der Waals surface area contributed by atoms with Gasteiger partial charge in [0.2, 0.25) is 11.8 Å². The number of carbonyl (C=O) groups is 2. The molecule has 158 valence electrons. The van der Waals surface area contributed by atoms with Gasteiger partial charge in [0.15, 0.2) is 0 Å². The van der Waals surface area contributed by atoms with E-state index in [1.54, 1.807) is 12.1 Å². The number of halogens is 1. The molecule has 6 heteroatoms. The average Bonchev–Trinajstić information content (AvgIpc) is 2.79. The quantitative estimate of drug-likeness (QED) is 0.762. The first kappa shape index (κ1) is 20.4. The van der Waals surface area contributed by atoms with Gasteiger partial charge in [-0.2, -0.15) is 0 Å². The fraction of sp³-hybridized carbons (Fsp3) is 0.417. The topological polar surface area (TPSA) is 43.9 Å². The van der Waals surface area contributed by atoms with E-state index in [1.807, 2.05) is 32.9 Å². The summed E-state index contributed by atoms with van der Waals surface area (Å²) in [5.41, 5.74) is 3.14. The highest BCUT2D eigenvalue weighted by Crippen LogP contribution is 2.21. The van der Waals surface area contributed by atoms with Crippen molar-refractivity contribution in [3.05, 3.63) is 65.5 Å². The monoisotopic (exact) mass is 409 g/mol. The molecule has 1 saturated heterocycles. The zero-order chi connectivity index (χ0) is 20.9. The van der Waals surface area contributed by atoms with Crippen LogP contribution in [-0.2, 0) is 22.6 Å². The van der Waals surface area contributed by atoms with Gasteiger partial charge in [0, 0.05) is 52.1 Å². The van der Waals surface area contributed by atoms with Crippen LogP contribution in [0.25, 0.3) is 0 Å². The first-order chi connectivity index (χ1) is 14.6. The number of anilines is 1. The summed E-state index contributed by atoms with van der Waals surface area (Å²) in [6.07, 6.45) is 2.26. The number of benzene rings is 2. The van der Waals surface area contributed by atoms with E-state index in [0.717, 1.165) is 13.0 Å². The number of rotatable bonds is 5. The summed E-state index contributed by atoms with van der Waals surface area (Å²) >= 11 is 0. The summed E-state index contributed by atoms with van der Waals surface area (Å²) in [5.74, 6) is -0.0160. The van der Waals surface area contributed by atoms with Gasteiger partial charge in [0.05, 0.1) is 5.69 Å². The normalized spacial score (nSPS) is 16.4. The van der Waals surface area contributed by atoms with Crippen molar-refractivity contribution in [2.45, 2.75) is 32.2 Å². The van der Waals surface area contributed by atoms with Gasteiger partial charge < -0.3 is 14.7 Å². The minimum Gasteiger partial charge on any atom is -0.366 e. The number of hydrogen-bond donors (Lipinski definition) is 0. The van der Waals surface area contributed by atoms with Crippen LogP contribution in [0.2, 0.25) is 0 Å². The molecule has 2 heterocycles. The lowest BCUT2D eigenvalue weighted by molar-refractivity contribution is -0.133. The molecule has 1 fully saturated rings. The molecule has 0 spiro atoms. The molecular formula is C24H28FN3O2. The van der Waals surface area contributed by atoms with Crippen LogP contribution in [0.4, 0.5) is 10.1 Å². The van der Waals surface area contributed by atoms with E-state index in [0.29, 0.717) is 57.7 Å². The molecule has 2 aromatic rings. The van der Waals surface area contributed by atoms with Crippen LogP contribution in [0.3, 0.4) is 0 Å². The van der Waals surface area contributed by atoms with Crippen molar-refractivity contribution in [1.82, 2.24) is 9.80 Å². The lowest BCUT2D eigenvalue weighted by Gasteiger charge is -2.36. The van der Waals surface area contributed by atoms with Crippen molar-refractivity contribution in [2.75, 3.05) is 37.6 Å². The maximum absolute atomic E-state index is 13.9. The first-order valence-corrected chi connectivity index (χ1v) is 10.7. The number of piperazine rings is 1. The van der Waals surface area contributed by atoms with Crippen molar-refractivity contribution in [3.63, 3.8) is 0 Å². The molecule has 0 radical (unpaired) electrons. The number of fused-ring (bicyclic) bond motifs is 1. The van der Waals surface area contributed by atoms with Crippen LogP contribution >= 0.6 is 0 Å². The summed E-state index contributed by atoms with van der Waals surface area (Å²) < 4.78 is 13.9. The summed E-state index contributed by atoms with van der Waals surface area (Å²) in [4.78, 5) is 30.8. The molecule has 0 aromatic heterocycles. The molecule has 0 saturated carbocycles. The molecule has 0 unspecified atom stereocenters. The first-order valence-electron chi connectivity index (χ1n) is 10.7. The number of carbonyl (C=O) groups excluding carboxylic acids is 2. The molecule has 0 N–H and O–H groups in total. The largest absolute Gasteiger partial charge is 0.366 e. The Morgan fingerprint density at radius 3 is 2.13 bits per heavy atom. The van der Waals surface area contributed by atoms with E-state index < -0.39 is 0 Å². The van der Waals surface area contributed by atoms with E-state index in [2.05, 4.69) is 12.1 Å². The predicted molar refractivity (Wildman–Crippen MR) is 115 cm³/mol. The minimum atomic E-state index is -0.226. The Bertz CT molecular complexity index is 909. The van der Waals surface area contributed by atoms with Crippen molar-refractivity contribution >= 4 is 17.5 Å². The van der Waals surface area contributed by atoms with Gasteiger partial charge in [-0.3, -0.25) is 9.59 Å². The summed E-state index contributed by atoms with van der Waals surface area (Å²) in [5, 5.41) is 0. The van der Waals surface area contributed by atoms with Crippen molar-refractivity contribution in [3.8, 4) is 0 Å². The van der Waals surface area contributed by atoms with E-state index in [9.17, 15) is 14.0 Å². The molecule has 2 amide bonds. The lowest BCUT2D eigenvalue weighted by Crippen LogP contribution is -2.49. The molecule has 2 aliphatic rings. The highest BCUT2D eigenvalue weighted by atomic mass is 19.1. The summed E-state index contributed by atoms with van der Waals surface area (Å²) in [6, 6.07) is 15.0. The van der Waals surface area contributed by atoms with E-state index in [-0.39, 0.29) is 17.6 Å². The SMILES string of the molecule is O=C(CCCC(=O)N1CCc2ccccc2C1)N1CCN(c2ccccc2F)CC1. The summed E-state index contributed by atoms with van der Waals surface area (Å²) in [7, 11) is 0. The zero-order valence-corrected chi connectivity index (χ0v) is 17.2. The van der Waals surface area contributed by atoms with Crippen molar-refractivity contribution in [1.29, 1.82) is 0 Å². The Hall–Kier alpha value is -2.89. The second-order valence-corrected chi connectivity index (χ2v) is 8.01. The Balaban J connectivity index is 1.19. The third-order valence-electron chi connectivity index (χ3n) is 6.09. The van der Waals surface area contributed by atoms with E-state index >= 15 is 0 Å². The number of nitrogens with zero attached hydrogens (tertiary/aromatic N) is 3. The zero-order valence-electron chi connectivity index (χ0n) is 17.2. The fourth-order valence-corrected chi connectivity index (χ4v) is 4.32. The fourth-order valence-electron chi connectivity index (χ4n) is 4.32. The Labute approximate surface area is 177 Å². The van der Waals surface area contributed by atoms with Gasteiger partial charge in [-0.05, 0) is 36.1 Å². The van der Waals surface area contributed by atoms with Gasteiger partial charge in [-0.15, -0.1) is 0 Å². The number of amides is 2. The van der Waals surface area contributed by atoms with Crippen LogP contribution in [0.15, 0.2) is 48.5 Å². The molecule has 2 aliphatic heterocycles. The van der Waals surface area contributed by atoms with Crippen LogP contribution in [0.1, 0.15) is 30.4 Å². The molecule has 0 aliphatic carbocycles. The third-order valence-corrected chi connectivity index (χ3v) is 6.09. The van der Waals surface area contributed by atoms with Crippen LogP contribution in [0, 0.1) is 5.82 Å². The van der Waals surface area contributed by atoms with Gasteiger partial charge in [-0.1, -0.05) is 36.4 Å². The lowest BCUT2D eigenvalue weighted by atomic mass is 9.99. The Morgan fingerprint density at radius 1 is 0.767 bits per heavy atom. The standard InChI is InChI=1S/C24H28FN3O2/c25-21-8-3-4-9-22(21)26-14-16-27(17-15-26)23(29)10-5-11-24(30)28-13-12-19-6-1-2-7-20(19)18-28/h1-4,6-9H,5,10-18H2. The molecule has 4 rings (SSSR count). The molecule has 5 nitrogen and oxygen atoms in total. The van der Waals surface area contributed by atoms with Gasteiger partial charge in [0.25, 0.3) is 0 Å². The smallest absolute Gasteiger partial charge is 0.222 e. The highest BCUT2D eigenvalue weighted by Gasteiger charge is 2.24. The summed E-state index contributed by atoms with van der Waals surface area (Å²) in [6.45, 7) is 3.84.